The highest BCUT2D eigenvalue weighted by Crippen LogP contribution is 2.22. The van der Waals surface area contributed by atoms with E-state index in [9.17, 15) is 14.4 Å². The number of carbonyl (C=O) groups is 3. The van der Waals surface area contributed by atoms with E-state index in [2.05, 4.69) is 0 Å². The fraction of sp³-hybridized carbons (Fsp3) is 0.250. The molecule has 0 fully saturated rings. The van der Waals surface area contributed by atoms with Crippen LogP contribution in [0.2, 0.25) is 5.02 Å². The van der Waals surface area contributed by atoms with Gasteiger partial charge in [0.25, 0.3) is 11.8 Å². The second-order valence-corrected chi connectivity index (χ2v) is 6.49. The number of hydrogen-bond donors (Lipinski definition) is 0. The predicted molar refractivity (Wildman–Crippen MR) is 99.1 cm³/mol. The number of halogens is 1. The summed E-state index contributed by atoms with van der Waals surface area (Å²) in [6.07, 6.45) is 0.358. The third-order valence-electron chi connectivity index (χ3n) is 4.15. The maximum atomic E-state index is 12.2. The van der Waals surface area contributed by atoms with E-state index < -0.39 is 5.97 Å². The number of fused-ring (bicyclic) bond motifs is 1. The predicted octanol–water partition coefficient (Wildman–Crippen LogP) is 3.26. The van der Waals surface area contributed by atoms with Crippen molar-refractivity contribution in [2.75, 3.05) is 19.8 Å². The Morgan fingerprint density at radius 3 is 2.37 bits per heavy atom. The van der Waals surface area contributed by atoms with Gasteiger partial charge in [0, 0.05) is 11.6 Å². The average molecular weight is 388 g/mol. The Morgan fingerprint density at radius 2 is 1.74 bits per heavy atom. The Labute approximate surface area is 161 Å². The molecule has 0 bridgehead atoms. The summed E-state index contributed by atoms with van der Waals surface area (Å²) in [5, 5.41) is 0.623. The van der Waals surface area contributed by atoms with Gasteiger partial charge in [-0.3, -0.25) is 14.5 Å². The first-order valence-corrected chi connectivity index (χ1v) is 8.85. The lowest BCUT2D eigenvalue weighted by atomic mass is 10.1. The first-order valence-electron chi connectivity index (χ1n) is 8.47. The van der Waals surface area contributed by atoms with Gasteiger partial charge in [0.2, 0.25) is 0 Å². The lowest BCUT2D eigenvalue weighted by Crippen LogP contribution is -2.31. The molecule has 0 atom stereocenters. The first kappa shape index (κ1) is 18.9. The molecule has 7 heteroatoms. The summed E-state index contributed by atoms with van der Waals surface area (Å²) in [7, 11) is 0. The molecule has 0 N–H and O–H groups in total. The van der Waals surface area contributed by atoms with Gasteiger partial charge in [-0.15, -0.1) is 0 Å². The lowest BCUT2D eigenvalue weighted by Gasteiger charge is -2.13. The van der Waals surface area contributed by atoms with Crippen LogP contribution in [0, 0.1) is 6.92 Å². The van der Waals surface area contributed by atoms with Crippen molar-refractivity contribution < 1.29 is 23.9 Å². The average Bonchev–Trinajstić information content (AvgIpc) is 2.91. The van der Waals surface area contributed by atoms with Crippen LogP contribution in [0.3, 0.4) is 0 Å². The fourth-order valence-electron chi connectivity index (χ4n) is 2.74. The van der Waals surface area contributed by atoms with Crippen LogP contribution in [0.25, 0.3) is 0 Å². The largest absolute Gasteiger partial charge is 0.482 e. The number of amides is 2. The monoisotopic (exact) mass is 387 g/mol. The maximum Gasteiger partial charge on any atom is 0.344 e. The van der Waals surface area contributed by atoms with Crippen LogP contribution in [0.4, 0.5) is 0 Å². The van der Waals surface area contributed by atoms with Crippen LogP contribution in [-0.4, -0.2) is 42.4 Å². The van der Waals surface area contributed by atoms with Crippen molar-refractivity contribution in [3.05, 3.63) is 64.2 Å². The zero-order valence-corrected chi connectivity index (χ0v) is 15.5. The highest BCUT2D eigenvalue weighted by molar-refractivity contribution is 6.31. The molecular weight excluding hydrogens is 370 g/mol. The Balaban J connectivity index is 1.40. The first-order chi connectivity index (χ1) is 13.0. The van der Waals surface area contributed by atoms with Crippen LogP contribution in [0.15, 0.2) is 42.5 Å². The van der Waals surface area contributed by atoms with Crippen molar-refractivity contribution in [2.24, 2.45) is 0 Å². The van der Waals surface area contributed by atoms with E-state index >= 15 is 0 Å². The summed E-state index contributed by atoms with van der Waals surface area (Å²) in [5.41, 5.74) is 1.67. The van der Waals surface area contributed by atoms with E-state index in [0.717, 1.165) is 5.56 Å². The number of esters is 1. The molecule has 0 saturated carbocycles. The molecule has 3 rings (SSSR count). The Morgan fingerprint density at radius 1 is 1.07 bits per heavy atom. The van der Waals surface area contributed by atoms with Crippen LogP contribution < -0.4 is 4.74 Å². The molecule has 6 nitrogen and oxygen atoms in total. The van der Waals surface area contributed by atoms with Gasteiger partial charge < -0.3 is 9.47 Å². The normalized spacial score (nSPS) is 12.9. The summed E-state index contributed by atoms with van der Waals surface area (Å²) < 4.78 is 10.4. The number of ether oxygens (including phenoxy) is 2. The summed E-state index contributed by atoms with van der Waals surface area (Å²) in [6.45, 7) is 1.90. The molecule has 2 amide bonds. The van der Waals surface area contributed by atoms with E-state index in [1.807, 2.05) is 6.92 Å². The number of hydrogen-bond acceptors (Lipinski definition) is 5. The Bertz CT molecular complexity index is 861. The van der Waals surface area contributed by atoms with Crippen LogP contribution >= 0.6 is 11.6 Å². The molecule has 2 aromatic rings. The van der Waals surface area contributed by atoms with E-state index in [-0.39, 0.29) is 31.6 Å². The van der Waals surface area contributed by atoms with E-state index in [0.29, 0.717) is 28.3 Å². The second-order valence-electron chi connectivity index (χ2n) is 6.08. The number of nitrogens with zero attached hydrogens (tertiary/aromatic N) is 1. The third-order valence-corrected chi connectivity index (χ3v) is 4.58. The van der Waals surface area contributed by atoms with Crippen molar-refractivity contribution in [2.45, 2.75) is 13.3 Å². The molecule has 1 aliphatic heterocycles. The standard InChI is InChI=1S/C20H18ClNO5/c1-13-11-14(7-8-17(13)21)27-12-18(23)26-10-4-9-22-19(24)15-5-2-3-6-16(15)20(22)25/h2-3,5-8,11H,4,9-10,12H2,1H3. The van der Waals surface area contributed by atoms with Gasteiger partial charge in [0.05, 0.1) is 17.7 Å². The van der Waals surface area contributed by atoms with Crippen molar-refractivity contribution in [3.8, 4) is 5.75 Å². The topological polar surface area (TPSA) is 72.9 Å². The molecule has 27 heavy (non-hydrogen) atoms. The minimum absolute atomic E-state index is 0.0925. The van der Waals surface area contributed by atoms with Crippen molar-refractivity contribution in [3.63, 3.8) is 0 Å². The van der Waals surface area contributed by atoms with E-state index in [1.54, 1.807) is 42.5 Å². The third kappa shape index (κ3) is 4.28. The molecule has 0 aliphatic carbocycles. The van der Waals surface area contributed by atoms with Crippen molar-refractivity contribution >= 4 is 29.4 Å². The second kappa shape index (κ2) is 8.22. The molecule has 2 aromatic carbocycles. The summed E-state index contributed by atoms with van der Waals surface area (Å²) in [5.74, 6) is -0.628. The SMILES string of the molecule is Cc1cc(OCC(=O)OCCCN2C(=O)c3ccccc3C2=O)ccc1Cl. The summed E-state index contributed by atoms with van der Waals surface area (Å²) in [6, 6.07) is 11.8. The van der Waals surface area contributed by atoms with Crippen LogP contribution in [0.5, 0.6) is 5.75 Å². The molecule has 0 spiro atoms. The number of carbonyl (C=O) groups excluding carboxylic acids is 3. The molecule has 0 radical (unpaired) electrons. The van der Waals surface area contributed by atoms with Gasteiger partial charge >= 0.3 is 5.97 Å². The van der Waals surface area contributed by atoms with Crippen LogP contribution in [0.1, 0.15) is 32.7 Å². The number of imide groups is 1. The highest BCUT2D eigenvalue weighted by Gasteiger charge is 2.34. The van der Waals surface area contributed by atoms with Crippen LogP contribution in [-0.2, 0) is 9.53 Å². The van der Waals surface area contributed by atoms with E-state index in [4.69, 9.17) is 21.1 Å². The maximum absolute atomic E-state index is 12.2. The molecule has 0 saturated heterocycles. The summed E-state index contributed by atoms with van der Waals surface area (Å²) >= 11 is 5.93. The zero-order chi connectivity index (χ0) is 19.4. The molecule has 1 heterocycles. The van der Waals surface area contributed by atoms with Gasteiger partial charge in [-0.2, -0.15) is 0 Å². The Kier molecular flexibility index (Phi) is 5.76. The highest BCUT2D eigenvalue weighted by atomic mass is 35.5. The molecule has 0 unspecified atom stereocenters. The van der Waals surface area contributed by atoms with Gasteiger partial charge in [-0.05, 0) is 49.2 Å². The summed E-state index contributed by atoms with van der Waals surface area (Å²) in [4.78, 5) is 37.4. The lowest BCUT2D eigenvalue weighted by molar-refractivity contribution is -0.146. The molecule has 140 valence electrons. The van der Waals surface area contributed by atoms with Gasteiger partial charge in [0.1, 0.15) is 5.75 Å². The number of rotatable bonds is 7. The zero-order valence-electron chi connectivity index (χ0n) is 14.7. The molecular formula is C20H18ClNO5. The minimum Gasteiger partial charge on any atom is -0.482 e. The van der Waals surface area contributed by atoms with Gasteiger partial charge in [-0.1, -0.05) is 23.7 Å². The molecule has 0 aromatic heterocycles. The van der Waals surface area contributed by atoms with E-state index in [1.165, 1.54) is 4.90 Å². The quantitative estimate of drug-likeness (QED) is 0.414. The van der Waals surface area contributed by atoms with Crippen molar-refractivity contribution in [1.29, 1.82) is 0 Å². The Hall–Kier alpha value is -2.86. The number of benzene rings is 2. The van der Waals surface area contributed by atoms with Crippen molar-refractivity contribution in [1.82, 2.24) is 4.90 Å². The smallest absolute Gasteiger partial charge is 0.344 e. The minimum atomic E-state index is -0.523. The van der Waals surface area contributed by atoms with Gasteiger partial charge in [-0.25, -0.2) is 4.79 Å². The number of aryl methyl sites for hydroxylation is 1. The fourth-order valence-corrected chi connectivity index (χ4v) is 2.86. The van der Waals surface area contributed by atoms with Gasteiger partial charge in [0.15, 0.2) is 6.61 Å². The molecule has 1 aliphatic rings.